The highest BCUT2D eigenvalue weighted by Gasteiger charge is 2.33. The van der Waals surface area contributed by atoms with Gasteiger partial charge in [-0.15, -0.1) is 0 Å². The highest BCUT2D eigenvalue weighted by Crippen LogP contribution is 2.40. The fourth-order valence-corrected chi connectivity index (χ4v) is 10.1. The van der Waals surface area contributed by atoms with Crippen molar-refractivity contribution < 1.29 is 19.1 Å². The molecule has 8 heteroatoms. The summed E-state index contributed by atoms with van der Waals surface area (Å²) in [6.07, 6.45) is 12.1. The van der Waals surface area contributed by atoms with Gasteiger partial charge in [-0.25, -0.2) is 0 Å². The topological polar surface area (TPSA) is 52.6 Å². The van der Waals surface area contributed by atoms with Gasteiger partial charge in [0.15, 0.2) is 0 Å². The quantitative estimate of drug-likeness (QED) is 0.181. The lowest BCUT2D eigenvalue weighted by Gasteiger charge is -2.20. The second kappa shape index (κ2) is 13.7. The fourth-order valence-electron chi connectivity index (χ4n) is 4.03. The lowest BCUT2D eigenvalue weighted by molar-refractivity contribution is -0.165. The van der Waals surface area contributed by atoms with Crippen LogP contribution in [-0.2, 0) is 19.1 Å². The van der Waals surface area contributed by atoms with Crippen LogP contribution in [0.1, 0.15) is 83.5 Å². The second-order valence-electron chi connectivity index (χ2n) is 8.14. The number of rotatable bonds is 12. The van der Waals surface area contributed by atoms with Crippen molar-refractivity contribution in [2.45, 2.75) is 106 Å². The average Bonchev–Trinajstić information content (AvgIpc) is 3.47. The minimum Gasteiger partial charge on any atom is -0.458 e. The zero-order valence-electron chi connectivity index (χ0n) is 17.2. The Morgan fingerprint density at radius 2 is 1.17 bits per heavy atom. The molecule has 0 aromatic carbocycles. The van der Waals surface area contributed by atoms with E-state index in [4.69, 9.17) is 9.47 Å². The van der Waals surface area contributed by atoms with Gasteiger partial charge < -0.3 is 9.47 Å². The molecule has 0 bridgehead atoms. The Morgan fingerprint density at radius 1 is 0.690 bits per heavy atom. The number of carbonyl (C=O) groups is 2. The number of ether oxygens (including phenoxy) is 2. The van der Waals surface area contributed by atoms with Gasteiger partial charge in [0.2, 0.25) is 0 Å². The summed E-state index contributed by atoms with van der Waals surface area (Å²) in [4.78, 5) is 24.4. The standard InChI is InChI=1S/C21H34O4S4/c22-20(10-3-1-6-16-12-14-26-28-16)24-18-8-5-9-19(18)25-21(23)11-4-2-7-17-13-15-27-29-17/h16-19H,1-15H2. The second-order valence-corrected chi connectivity index (χ2v) is 13.7. The van der Waals surface area contributed by atoms with Crippen molar-refractivity contribution in [2.75, 3.05) is 11.5 Å². The molecule has 4 atom stereocenters. The molecule has 1 aliphatic carbocycles. The largest absolute Gasteiger partial charge is 0.458 e. The van der Waals surface area contributed by atoms with E-state index < -0.39 is 0 Å². The third-order valence-electron chi connectivity index (χ3n) is 5.73. The summed E-state index contributed by atoms with van der Waals surface area (Å²) in [6, 6.07) is 0. The predicted molar refractivity (Wildman–Crippen MR) is 127 cm³/mol. The third kappa shape index (κ3) is 9.16. The van der Waals surface area contributed by atoms with E-state index in [-0.39, 0.29) is 24.1 Å². The highest BCUT2D eigenvalue weighted by molar-refractivity contribution is 8.77. The zero-order valence-corrected chi connectivity index (χ0v) is 20.4. The monoisotopic (exact) mass is 478 g/mol. The predicted octanol–water partition coefficient (Wildman–Crippen LogP) is 6.42. The Bertz CT molecular complexity index is 463. The van der Waals surface area contributed by atoms with Gasteiger partial charge in [0.05, 0.1) is 0 Å². The van der Waals surface area contributed by atoms with Gasteiger partial charge in [0, 0.05) is 34.8 Å². The van der Waals surface area contributed by atoms with Crippen LogP contribution in [0.25, 0.3) is 0 Å². The molecule has 0 radical (unpaired) electrons. The minimum atomic E-state index is -0.236. The van der Waals surface area contributed by atoms with Crippen LogP contribution in [0.5, 0.6) is 0 Å². The number of unbranched alkanes of at least 4 members (excludes halogenated alkanes) is 2. The Labute approximate surface area is 191 Å². The molecule has 4 nitrogen and oxygen atoms in total. The van der Waals surface area contributed by atoms with Gasteiger partial charge in [0.1, 0.15) is 12.2 Å². The van der Waals surface area contributed by atoms with Crippen LogP contribution in [0, 0.1) is 0 Å². The summed E-state index contributed by atoms with van der Waals surface area (Å²) in [6.45, 7) is 0. The molecular weight excluding hydrogens is 444 g/mol. The van der Waals surface area contributed by atoms with E-state index in [1.165, 1.54) is 37.2 Å². The lowest BCUT2D eigenvalue weighted by atomic mass is 10.1. The molecule has 0 aromatic heterocycles. The van der Waals surface area contributed by atoms with Crippen molar-refractivity contribution in [3.8, 4) is 0 Å². The molecule has 2 saturated heterocycles. The van der Waals surface area contributed by atoms with E-state index in [0.29, 0.717) is 12.8 Å². The average molecular weight is 479 g/mol. The van der Waals surface area contributed by atoms with Crippen LogP contribution in [0.2, 0.25) is 0 Å². The van der Waals surface area contributed by atoms with Crippen molar-refractivity contribution >= 4 is 55.1 Å². The molecule has 3 aliphatic rings. The molecule has 166 valence electrons. The SMILES string of the molecule is O=C(CCCCC1CCSS1)OC1CCCC1OC(=O)CCCCC1CCSS1. The maximum atomic E-state index is 12.2. The first-order chi connectivity index (χ1) is 14.2. The third-order valence-corrected chi connectivity index (χ3v) is 11.7. The van der Waals surface area contributed by atoms with Crippen molar-refractivity contribution in [3.63, 3.8) is 0 Å². The van der Waals surface area contributed by atoms with Crippen LogP contribution in [0.4, 0.5) is 0 Å². The fraction of sp³-hybridized carbons (Fsp3) is 0.905. The molecule has 3 rings (SSSR count). The van der Waals surface area contributed by atoms with Gasteiger partial charge in [-0.2, -0.15) is 0 Å². The van der Waals surface area contributed by atoms with Crippen LogP contribution >= 0.6 is 43.2 Å². The van der Waals surface area contributed by atoms with Crippen LogP contribution < -0.4 is 0 Å². The summed E-state index contributed by atoms with van der Waals surface area (Å²) >= 11 is 0. The van der Waals surface area contributed by atoms with Crippen LogP contribution in [-0.4, -0.2) is 46.2 Å². The zero-order chi connectivity index (χ0) is 20.3. The Hall–Kier alpha value is 0.340. The van der Waals surface area contributed by atoms with E-state index >= 15 is 0 Å². The lowest BCUT2D eigenvalue weighted by Crippen LogP contribution is -2.30. The van der Waals surface area contributed by atoms with Gasteiger partial charge >= 0.3 is 11.9 Å². The normalized spacial score (nSPS) is 29.2. The molecule has 0 amide bonds. The van der Waals surface area contributed by atoms with Gasteiger partial charge in [-0.05, 0) is 57.8 Å². The minimum absolute atomic E-state index is 0.127. The smallest absolute Gasteiger partial charge is 0.306 e. The summed E-state index contributed by atoms with van der Waals surface area (Å²) in [5.41, 5.74) is 0. The van der Waals surface area contributed by atoms with Crippen molar-refractivity contribution in [1.29, 1.82) is 0 Å². The summed E-state index contributed by atoms with van der Waals surface area (Å²) in [5, 5.41) is 1.54. The Balaban J connectivity index is 1.24. The first kappa shape index (κ1) is 24.0. The molecule has 0 N–H and O–H groups in total. The highest BCUT2D eigenvalue weighted by atomic mass is 33.1. The first-order valence-corrected chi connectivity index (χ1v) is 15.9. The Morgan fingerprint density at radius 3 is 1.59 bits per heavy atom. The van der Waals surface area contributed by atoms with E-state index in [1.54, 1.807) is 0 Å². The first-order valence-electron chi connectivity index (χ1n) is 11.2. The van der Waals surface area contributed by atoms with Gasteiger partial charge in [-0.3, -0.25) is 9.59 Å². The van der Waals surface area contributed by atoms with Crippen molar-refractivity contribution in [1.82, 2.24) is 0 Å². The molecule has 0 spiro atoms. The molecule has 2 aliphatic heterocycles. The number of carbonyl (C=O) groups excluding carboxylic acids is 2. The summed E-state index contributed by atoms with van der Waals surface area (Å²) < 4.78 is 11.3. The Kier molecular flexibility index (Phi) is 11.3. The number of hydrogen-bond acceptors (Lipinski definition) is 8. The molecule has 2 heterocycles. The molecule has 29 heavy (non-hydrogen) atoms. The van der Waals surface area contributed by atoms with Gasteiger partial charge in [-0.1, -0.05) is 56.0 Å². The number of hydrogen-bond donors (Lipinski definition) is 0. The molecule has 3 fully saturated rings. The van der Waals surface area contributed by atoms with Crippen LogP contribution in [0.15, 0.2) is 0 Å². The summed E-state index contributed by atoms with van der Waals surface area (Å²) in [5.74, 6) is 2.27. The van der Waals surface area contributed by atoms with Gasteiger partial charge in [0.25, 0.3) is 0 Å². The van der Waals surface area contributed by atoms with E-state index in [9.17, 15) is 9.59 Å². The molecular formula is C21H34O4S4. The summed E-state index contributed by atoms with van der Waals surface area (Å²) in [7, 11) is 7.93. The van der Waals surface area contributed by atoms with Crippen molar-refractivity contribution in [3.05, 3.63) is 0 Å². The van der Waals surface area contributed by atoms with Crippen LogP contribution in [0.3, 0.4) is 0 Å². The van der Waals surface area contributed by atoms with E-state index in [1.807, 2.05) is 43.2 Å². The maximum Gasteiger partial charge on any atom is 0.306 e. The molecule has 4 unspecified atom stereocenters. The van der Waals surface area contributed by atoms with E-state index in [0.717, 1.165) is 55.4 Å². The van der Waals surface area contributed by atoms with Crippen molar-refractivity contribution in [2.24, 2.45) is 0 Å². The maximum absolute atomic E-state index is 12.2. The molecule has 0 aromatic rings. The van der Waals surface area contributed by atoms with E-state index in [2.05, 4.69) is 0 Å². The molecule has 1 saturated carbocycles. The number of esters is 2.